The first-order valence-electron chi connectivity index (χ1n) is 5.74. The number of carboxylic acid groups (broad SMARTS) is 1. The minimum absolute atomic E-state index is 0. The molecule has 0 atom stereocenters. The molecule has 0 aromatic rings. The average molecular weight is 349 g/mol. The summed E-state index contributed by atoms with van der Waals surface area (Å²) in [6, 6.07) is 0. The number of esters is 1. The van der Waals surface area contributed by atoms with Crippen molar-refractivity contribution in [1.29, 1.82) is 0 Å². The van der Waals surface area contributed by atoms with E-state index in [1.807, 2.05) is 0 Å². The van der Waals surface area contributed by atoms with Gasteiger partial charge in [0.25, 0.3) is 0 Å². The van der Waals surface area contributed by atoms with Crippen molar-refractivity contribution in [3.05, 3.63) is 12.2 Å². The molecule has 0 aliphatic rings. The maximum absolute atomic E-state index is 10.9. The molecule has 0 aliphatic heterocycles. The molecule has 5 heteroatoms. The summed E-state index contributed by atoms with van der Waals surface area (Å²) in [5.74, 6) is -1.73. The summed E-state index contributed by atoms with van der Waals surface area (Å²) in [6.07, 6.45) is 8.46. The van der Waals surface area contributed by atoms with Gasteiger partial charge in [-0.3, -0.25) is 0 Å². The molecule has 0 saturated heterocycles. The number of aliphatic carboxylic acids is 1. The molecule has 0 bridgehead atoms. The molecule has 2 radical (unpaired) electrons. The van der Waals surface area contributed by atoms with Gasteiger partial charge in [0.15, 0.2) is 0 Å². The second-order valence-corrected chi connectivity index (χ2v) is 3.61. The summed E-state index contributed by atoms with van der Waals surface area (Å²) in [4.78, 5) is 21.0. The van der Waals surface area contributed by atoms with E-state index in [2.05, 4.69) is 6.92 Å². The number of carbonyl (C=O) groups excluding carboxylic acids is 1. The monoisotopic (exact) mass is 350 g/mol. The normalized spacial score (nSPS) is 9.94. The van der Waals surface area contributed by atoms with E-state index in [1.54, 1.807) is 0 Å². The fourth-order valence-electron chi connectivity index (χ4n) is 1.24. The molecule has 0 amide bonds. The zero-order valence-corrected chi connectivity index (χ0v) is 14.5. The minimum atomic E-state index is -1.14. The van der Waals surface area contributed by atoms with Crippen molar-refractivity contribution in [2.24, 2.45) is 0 Å². The van der Waals surface area contributed by atoms with Gasteiger partial charge in [0.1, 0.15) is 0 Å². The van der Waals surface area contributed by atoms with Gasteiger partial charge in [0, 0.05) is 12.2 Å². The number of rotatable bonds is 9. The van der Waals surface area contributed by atoms with Gasteiger partial charge in [-0.2, -0.15) is 0 Å². The summed E-state index contributed by atoms with van der Waals surface area (Å²) in [5, 5.41) is 8.26. The predicted octanol–water partition coefficient (Wildman–Crippen LogP) is 1.61. The predicted molar refractivity (Wildman–Crippen MR) is 69.7 cm³/mol. The quantitative estimate of drug-likeness (QED) is 0.297. The van der Waals surface area contributed by atoms with E-state index in [0.29, 0.717) is 6.61 Å². The SMILES string of the molecule is CCCCCCCCOC(=O)/C=C\C(=O)O.[SnH2]. The number of unbranched alkanes of at least 4 members (excludes halogenated alkanes) is 5. The zero-order chi connectivity index (χ0) is 12.2. The van der Waals surface area contributed by atoms with E-state index in [0.717, 1.165) is 31.4 Å². The van der Waals surface area contributed by atoms with Gasteiger partial charge in [-0.05, 0) is 6.42 Å². The molecule has 0 aromatic carbocycles. The fraction of sp³-hybridized carbons (Fsp3) is 0.667. The number of carbonyl (C=O) groups is 2. The molecular weight excluding hydrogens is 327 g/mol. The summed E-state index contributed by atoms with van der Waals surface area (Å²) in [7, 11) is 0. The van der Waals surface area contributed by atoms with Crippen LogP contribution in [0.4, 0.5) is 0 Å². The Labute approximate surface area is 119 Å². The second-order valence-electron chi connectivity index (χ2n) is 3.61. The summed E-state index contributed by atoms with van der Waals surface area (Å²) in [5.41, 5.74) is 0. The third kappa shape index (κ3) is 15.5. The maximum atomic E-state index is 10.9. The fourth-order valence-corrected chi connectivity index (χ4v) is 1.24. The molecular formula is C12H22O4Sn. The van der Waals surface area contributed by atoms with E-state index < -0.39 is 11.9 Å². The van der Waals surface area contributed by atoms with Gasteiger partial charge in [-0.25, -0.2) is 9.59 Å². The van der Waals surface area contributed by atoms with E-state index >= 15 is 0 Å². The van der Waals surface area contributed by atoms with Gasteiger partial charge in [-0.15, -0.1) is 0 Å². The van der Waals surface area contributed by atoms with Crippen LogP contribution in [0.3, 0.4) is 0 Å². The molecule has 0 fully saturated rings. The molecule has 17 heavy (non-hydrogen) atoms. The van der Waals surface area contributed by atoms with Crippen LogP contribution >= 0.6 is 0 Å². The van der Waals surface area contributed by atoms with Gasteiger partial charge < -0.3 is 9.84 Å². The van der Waals surface area contributed by atoms with Crippen molar-refractivity contribution in [3.63, 3.8) is 0 Å². The van der Waals surface area contributed by atoms with Crippen molar-refractivity contribution in [2.75, 3.05) is 6.61 Å². The first kappa shape index (κ1) is 18.8. The number of hydrogen-bond acceptors (Lipinski definition) is 3. The van der Waals surface area contributed by atoms with Crippen LogP contribution in [0.15, 0.2) is 12.2 Å². The first-order chi connectivity index (χ1) is 7.66. The van der Waals surface area contributed by atoms with E-state index in [1.165, 1.54) is 19.3 Å². The Balaban J connectivity index is 0. The summed E-state index contributed by atoms with van der Waals surface area (Å²) < 4.78 is 4.81. The first-order valence-corrected chi connectivity index (χ1v) is 5.74. The Hall–Kier alpha value is -0.521. The van der Waals surface area contributed by atoms with Crippen LogP contribution in [-0.4, -0.2) is 47.6 Å². The Bertz CT molecular complexity index is 239. The molecule has 0 aromatic heterocycles. The van der Waals surface area contributed by atoms with Crippen LogP contribution in [0.2, 0.25) is 0 Å². The summed E-state index contributed by atoms with van der Waals surface area (Å²) >= 11 is 0. The van der Waals surface area contributed by atoms with Crippen molar-refractivity contribution in [3.8, 4) is 0 Å². The van der Waals surface area contributed by atoms with Crippen molar-refractivity contribution in [1.82, 2.24) is 0 Å². The number of ether oxygens (including phenoxy) is 1. The van der Waals surface area contributed by atoms with Gasteiger partial charge >= 0.3 is 35.8 Å². The van der Waals surface area contributed by atoms with Crippen LogP contribution in [0.25, 0.3) is 0 Å². The Morgan fingerprint density at radius 1 is 1.06 bits per heavy atom. The number of hydrogen-bond donors (Lipinski definition) is 1. The van der Waals surface area contributed by atoms with E-state index in [9.17, 15) is 9.59 Å². The van der Waals surface area contributed by atoms with Crippen LogP contribution in [0.5, 0.6) is 0 Å². The number of carboxylic acids is 1. The molecule has 0 heterocycles. The molecule has 98 valence electrons. The molecule has 0 aliphatic carbocycles. The Kier molecular flexibility index (Phi) is 15.0. The van der Waals surface area contributed by atoms with Gasteiger partial charge in [-0.1, -0.05) is 39.0 Å². The van der Waals surface area contributed by atoms with Crippen LogP contribution in [0.1, 0.15) is 45.4 Å². The zero-order valence-electron chi connectivity index (χ0n) is 10.5. The molecule has 1 N–H and O–H groups in total. The van der Waals surface area contributed by atoms with Crippen molar-refractivity contribution in [2.45, 2.75) is 45.4 Å². The van der Waals surface area contributed by atoms with E-state index in [-0.39, 0.29) is 23.9 Å². The molecule has 0 spiro atoms. The Morgan fingerprint density at radius 3 is 2.24 bits per heavy atom. The van der Waals surface area contributed by atoms with Crippen LogP contribution in [-0.2, 0) is 14.3 Å². The molecule has 0 rings (SSSR count). The second kappa shape index (κ2) is 13.5. The van der Waals surface area contributed by atoms with Crippen molar-refractivity contribution >= 4 is 35.8 Å². The third-order valence-electron chi connectivity index (χ3n) is 2.10. The van der Waals surface area contributed by atoms with Crippen LogP contribution in [0, 0.1) is 0 Å². The average Bonchev–Trinajstić information content (AvgIpc) is 2.25. The van der Waals surface area contributed by atoms with Gasteiger partial charge in [0.05, 0.1) is 6.61 Å². The summed E-state index contributed by atoms with van der Waals surface area (Å²) in [6.45, 7) is 2.53. The standard InChI is InChI=1S/C12H20O4.Sn.2H/c1-2-3-4-5-6-7-10-16-12(15)9-8-11(13)14;;;/h8-9H,2-7,10H2,1H3,(H,13,14);;;/b9-8-;;;. The van der Waals surface area contributed by atoms with Crippen molar-refractivity contribution < 1.29 is 19.4 Å². The van der Waals surface area contributed by atoms with E-state index in [4.69, 9.17) is 9.84 Å². The molecule has 0 unspecified atom stereocenters. The van der Waals surface area contributed by atoms with Gasteiger partial charge in [0.2, 0.25) is 0 Å². The topological polar surface area (TPSA) is 63.6 Å². The molecule has 4 nitrogen and oxygen atoms in total. The Morgan fingerprint density at radius 2 is 1.65 bits per heavy atom. The molecule has 0 saturated carbocycles. The third-order valence-corrected chi connectivity index (χ3v) is 2.10. The van der Waals surface area contributed by atoms with Crippen LogP contribution < -0.4 is 0 Å².